The number of nitrogens with zero attached hydrogens (tertiary/aromatic N) is 4. The van der Waals surface area contributed by atoms with Gasteiger partial charge in [-0.25, -0.2) is 14.8 Å². The van der Waals surface area contributed by atoms with E-state index >= 15 is 0 Å². The van der Waals surface area contributed by atoms with Crippen molar-refractivity contribution in [2.24, 2.45) is 16.5 Å². The molecule has 292 valence electrons. The number of amides is 2. The summed E-state index contributed by atoms with van der Waals surface area (Å²) in [5.74, 6) is 0.0318. The largest absolute Gasteiger partial charge is 0.496 e. The fourth-order valence-electron chi connectivity index (χ4n) is 7.44. The van der Waals surface area contributed by atoms with Crippen LogP contribution in [0.3, 0.4) is 0 Å². The second-order valence-electron chi connectivity index (χ2n) is 15.8. The fourth-order valence-corrected chi connectivity index (χ4v) is 8.38. The Kier molecular flexibility index (Phi) is 11.2. The van der Waals surface area contributed by atoms with Crippen LogP contribution in [0.5, 0.6) is 11.5 Å². The van der Waals surface area contributed by atoms with Gasteiger partial charge in [-0.2, -0.15) is 0 Å². The molecule has 1 aliphatic carbocycles. The van der Waals surface area contributed by atoms with Gasteiger partial charge in [-0.05, 0) is 60.0 Å². The maximum Gasteiger partial charge on any atom is 0.331 e. The minimum absolute atomic E-state index is 0.0736. The first-order valence-electron chi connectivity index (χ1n) is 18.7. The van der Waals surface area contributed by atoms with Crippen molar-refractivity contribution in [1.82, 2.24) is 20.2 Å². The topological polar surface area (TPSA) is 161 Å². The highest BCUT2D eigenvalue weighted by atomic mass is 32.1. The Bertz CT molecular complexity index is 2110. The average Bonchev–Trinajstić information content (AvgIpc) is 3.45. The maximum atomic E-state index is 14.8. The van der Waals surface area contributed by atoms with Gasteiger partial charge in [0.15, 0.2) is 0 Å². The molecule has 0 radical (unpaired) electrons. The average molecular weight is 771 g/mol. The summed E-state index contributed by atoms with van der Waals surface area (Å²) in [5.41, 5.74) is 1.86. The number of likely N-dealkylation sites (tertiary alicyclic amines) is 1. The molecule has 3 heterocycles. The number of rotatable bonds is 13. The van der Waals surface area contributed by atoms with Gasteiger partial charge >= 0.3 is 5.97 Å². The molecule has 4 aromatic rings. The third-order valence-corrected chi connectivity index (χ3v) is 11.6. The number of fused-ring (bicyclic) bond motifs is 1. The molecular weight excluding hydrogens is 721 g/mol. The molecule has 0 spiro atoms. The number of thiazole rings is 1. The van der Waals surface area contributed by atoms with Gasteiger partial charge in [0, 0.05) is 28.8 Å². The van der Waals surface area contributed by atoms with Gasteiger partial charge < -0.3 is 29.7 Å². The molecule has 13 nitrogen and oxygen atoms in total. The lowest BCUT2D eigenvalue weighted by atomic mass is 9.85. The summed E-state index contributed by atoms with van der Waals surface area (Å²) in [6.45, 7) is 13.9. The predicted molar refractivity (Wildman–Crippen MR) is 213 cm³/mol. The lowest BCUT2D eigenvalue weighted by Gasteiger charge is -2.36. The van der Waals surface area contributed by atoms with Crippen LogP contribution in [-0.2, 0) is 19.1 Å². The molecule has 55 heavy (non-hydrogen) atoms. The Morgan fingerprint density at radius 1 is 1.09 bits per heavy atom. The lowest BCUT2D eigenvalue weighted by Crippen LogP contribution is -2.57. The fraction of sp³-hybridized carbons (Fsp3) is 0.488. The van der Waals surface area contributed by atoms with E-state index in [4.69, 9.17) is 24.2 Å². The van der Waals surface area contributed by atoms with E-state index in [1.54, 1.807) is 31.4 Å². The van der Waals surface area contributed by atoms with E-state index in [1.165, 1.54) is 23.3 Å². The first kappa shape index (κ1) is 39.6. The van der Waals surface area contributed by atoms with Crippen molar-refractivity contribution in [3.05, 3.63) is 64.0 Å². The van der Waals surface area contributed by atoms with Crippen molar-refractivity contribution in [2.75, 3.05) is 26.1 Å². The Hall–Kier alpha value is -5.11. The minimum atomic E-state index is -1.15. The molecule has 0 unspecified atom stereocenters. The molecule has 2 aromatic carbocycles. The third kappa shape index (κ3) is 7.73. The number of carbonyl (C=O) groups excluding carboxylic acids is 3. The monoisotopic (exact) mass is 770 g/mol. The van der Waals surface area contributed by atoms with Crippen LogP contribution in [0.4, 0.5) is 11.4 Å². The van der Waals surface area contributed by atoms with Crippen LogP contribution in [0.1, 0.15) is 78.0 Å². The summed E-state index contributed by atoms with van der Waals surface area (Å²) in [4.78, 5) is 65.3. The number of esters is 1. The number of anilines is 1. The maximum absolute atomic E-state index is 14.8. The zero-order valence-electron chi connectivity index (χ0n) is 32.9. The smallest absolute Gasteiger partial charge is 0.331 e. The van der Waals surface area contributed by atoms with Gasteiger partial charge in [0.25, 0.3) is 0 Å². The number of aryl methyl sites for hydroxylation is 1. The van der Waals surface area contributed by atoms with Crippen LogP contribution in [-0.4, -0.2) is 77.1 Å². The minimum Gasteiger partial charge on any atom is -0.496 e. The molecule has 6 rings (SSSR count). The van der Waals surface area contributed by atoms with Crippen LogP contribution in [0.25, 0.3) is 21.6 Å². The van der Waals surface area contributed by atoms with Crippen molar-refractivity contribution in [3.8, 4) is 22.2 Å². The van der Waals surface area contributed by atoms with Gasteiger partial charge in [-0.1, -0.05) is 60.1 Å². The summed E-state index contributed by atoms with van der Waals surface area (Å²) in [6.07, 6.45) is 0.656. The lowest BCUT2D eigenvalue weighted by molar-refractivity contribution is -0.148. The number of para-hydroxylation sites is 1. The highest BCUT2D eigenvalue weighted by molar-refractivity contribution is 7.13. The number of ether oxygens (including phenoxy) is 3. The van der Waals surface area contributed by atoms with Gasteiger partial charge in [0.05, 0.1) is 37.7 Å². The molecule has 5 atom stereocenters. The van der Waals surface area contributed by atoms with E-state index in [9.17, 15) is 19.3 Å². The molecule has 2 aromatic heterocycles. The molecule has 2 N–H and O–H groups in total. The first-order valence-corrected chi connectivity index (χ1v) is 19.5. The van der Waals surface area contributed by atoms with Crippen LogP contribution in [0.2, 0.25) is 0 Å². The van der Waals surface area contributed by atoms with Crippen LogP contribution < -0.4 is 20.1 Å². The van der Waals surface area contributed by atoms with Gasteiger partial charge in [0.1, 0.15) is 51.6 Å². The SMILES string of the molecule is CC[C@@H]1C[C@]1(NC(=O)[C@@H]1C[C@@H](Oc2cc(-c3nc(C(C)C)cs3)nc3c(C)c(OC)ccc23)CN1C(=O)[C@@H](Nc1ccccc1N=O)C(C)(C)C)C(=O)OC. The second kappa shape index (κ2) is 15.6. The summed E-state index contributed by atoms with van der Waals surface area (Å²) < 4.78 is 17.6. The van der Waals surface area contributed by atoms with E-state index in [0.717, 1.165) is 21.7 Å². The van der Waals surface area contributed by atoms with Crippen LogP contribution in [0, 0.1) is 23.2 Å². The molecule has 1 aliphatic heterocycles. The molecule has 2 fully saturated rings. The van der Waals surface area contributed by atoms with Crippen LogP contribution in [0.15, 0.2) is 53.0 Å². The van der Waals surface area contributed by atoms with Gasteiger partial charge in [-0.3, -0.25) is 9.59 Å². The van der Waals surface area contributed by atoms with Crippen molar-refractivity contribution in [2.45, 2.75) is 97.4 Å². The van der Waals surface area contributed by atoms with Crippen molar-refractivity contribution < 1.29 is 28.6 Å². The molecule has 2 aliphatic rings. The number of carbonyl (C=O) groups is 3. The quantitative estimate of drug-likeness (QED) is 0.103. The van der Waals surface area contributed by atoms with Crippen molar-refractivity contribution in [1.29, 1.82) is 0 Å². The number of methoxy groups -OCH3 is 2. The first-order chi connectivity index (χ1) is 26.1. The molecular formula is C41H50N6O7S. The van der Waals surface area contributed by atoms with E-state index in [1.807, 2.05) is 58.2 Å². The number of hydrogen-bond acceptors (Lipinski definition) is 12. The number of pyridine rings is 1. The van der Waals surface area contributed by atoms with E-state index in [2.05, 4.69) is 29.7 Å². The zero-order chi connectivity index (χ0) is 39.8. The Morgan fingerprint density at radius 2 is 1.84 bits per heavy atom. The molecule has 2 amide bonds. The highest BCUT2D eigenvalue weighted by Gasteiger charge is 2.62. The number of nitroso groups, excluding NO2 is 1. The zero-order valence-corrected chi connectivity index (χ0v) is 33.7. The predicted octanol–water partition coefficient (Wildman–Crippen LogP) is 7.53. The van der Waals surface area contributed by atoms with Gasteiger partial charge in [-0.15, -0.1) is 16.2 Å². The molecule has 14 heteroatoms. The molecule has 1 saturated carbocycles. The second-order valence-corrected chi connectivity index (χ2v) is 16.7. The Morgan fingerprint density at radius 3 is 2.45 bits per heavy atom. The highest BCUT2D eigenvalue weighted by Crippen LogP contribution is 2.47. The summed E-state index contributed by atoms with van der Waals surface area (Å²) in [7, 11) is 2.92. The molecule has 1 saturated heterocycles. The number of aromatic nitrogens is 2. The molecule has 0 bridgehead atoms. The van der Waals surface area contributed by atoms with Crippen LogP contribution >= 0.6 is 11.3 Å². The number of nitrogens with one attached hydrogen (secondary N) is 2. The number of benzene rings is 2. The third-order valence-electron chi connectivity index (χ3n) is 10.8. The van der Waals surface area contributed by atoms with E-state index in [0.29, 0.717) is 41.2 Å². The van der Waals surface area contributed by atoms with Crippen molar-refractivity contribution >= 4 is 51.4 Å². The Balaban J connectivity index is 1.39. The normalized spacial score (nSPS) is 21.3. The van der Waals surface area contributed by atoms with Gasteiger partial charge in [0.2, 0.25) is 11.8 Å². The van der Waals surface area contributed by atoms with E-state index < -0.39 is 41.0 Å². The summed E-state index contributed by atoms with van der Waals surface area (Å²) >= 11 is 1.50. The standard InChI is InChI=1S/C41H50N6O7S/c1-10-24-19-41(24,39(50)53-9)45-36(48)31-17-25(20-47(31)38(49)35(40(5,6)7)43-27-13-11-12-14-28(27)46-51)54-33-18-29(37-44-30(21-55-37)22(2)3)42-34-23(4)32(52-8)16-15-26(33)34/h11-16,18,21-22,24-25,31,35,43H,10,17,19-20H2,1-9H3,(H,45,48)/t24-,25-,31+,35-,41-/m1/s1. The Labute approximate surface area is 325 Å². The summed E-state index contributed by atoms with van der Waals surface area (Å²) in [6, 6.07) is 10.5. The summed E-state index contributed by atoms with van der Waals surface area (Å²) in [5, 5.41) is 12.9. The number of hydrogen-bond donors (Lipinski definition) is 2. The van der Waals surface area contributed by atoms with E-state index in [-0.39, 0.29) is 36.4 Å². The van der Waals surface area contributed by atoms with Crippen molar-refractivity contribution in [3.63, 3.8) is 0 Å².